The van der Waals surface area contributed by atoms with E-state index in [1.54, 1.807) is 18.2 Å². The molecule has 5 nitrogen and oxygen atoms in total. The van der Waals surface area contributed by atoms with E-state index in [0.717, 1.165) is 11.1 Å². The Balaban J connectivity index is 1.57. The summed E-state index contributed by atoms with van der Waals surface area (Å²) in [5, 5.41) is 3.38. The minimum absolute atomic E-state index is 0.0699. The Kier molecular flexibility index (Phi) is 8.14. The van der Waals surface area contributed by atoms with E-state index in [0.29, 0.717) is 23.6 Å². The Bertz CT molecular complexity index is 774. The van der Waals surface area contributed by atoms with Crippen LogP contribution in [0.15, 0.2) is 42.5 Å². The fourth-order valence-electron chi connectivity index (χ4n) is 2.35. The Morgan fingerprint density at radius 1 is 1.07 bits per heavy atom. The van der Waals surface area contributed by atoms with Gasteiger partial charge in [-0.3, -0.25) is 4.79 Å². The first-order valence-electron chi connectivity index (χ1n) is 8.81. The van der Waals surface area contributed by atoms with Crippen molar-refractivity contribution in [2.75, 3.05) is 19.8 Å². The first-order valence-corrected chi connectivity index (χ1v) is 9.18. The number of ether oxygens (including phenoxy) is 2. The van der Waals surface area contributed by atoms with E-state index in [9.17, 15) is 9.59 Å². The standard InChI is InChI=1S/C21H24ClNO4/c1-15-3-5-17(6-4-15)7-10-20(24)23-11-12-26-21(25)14-27-18-8-9-19(22)16(2)13-18/h3-6,8-9,13H,7,10-12,14H2,1-2H3,(H,23,24). The summed E-state index contributed by atoms with van der Waals surface area (Å²) < 4.78 is 10.4. The maximum atomic E-state index is 11.8. The van der Waals surface area contributed by atoms with E-state index in [2.05, 4.69) is 5.32 Å². The van der Waals surface area contributed by atoms with Crippen molar-refractivity contribution in [1.82, 2.24) is 5.32 Å². The number of halogens is 1. The number of aryl methyl sites for hydroxylation is 3. The van der Waals surface area contributed by atoms with E-state index in [4.69, 9.17) is 21.1 Å². The van der Waals surface area contributed by atoms with Crippen molar-refractivity contribution >= 4 is 23.5 Å². The summed E-state index contributed by atoms with van der Waals surface area (Å²) in [6.45, 7) is 4.08. The Morgan fingerprint density at radius 3 is 2.52 bits per heavy atom. The van der Waals surface area contributed by atoms with Gasteiger partial charge in [-0.25, -0.2) is 4.79 Å². The van der Waals surface area contributed by atoms with Crippen molar-refractivity contribution < 1.29 is 19.1 Å². The second-order valence-electron chi connectivity index (χ2n) is 6.26. The molecule has 144 valence electrons. The number of esters is 1. The lowest BCUT2D eigenvalue weighted by atomic mass is 10.1. The van der Waals surface area contributed by atoms with Crippen LogP contribution in [0.4, 0.5) is 0 Å². The highest BCUT2D eigenvalue weighted by molar-refractivity contribution is 6.31. The first kappa shape index (κ1) is 20.8. The van der Waals surface area contributed by atoms with Crippen LogP contribution in [0.5, 0.6) is 5.75 Å². The number of amides is 1. The molecular formula is C21H24ClNO4. The van der Waals surface area contributed by atoms with Crippen molar-refractivity contribution in [3.8, 4) is 5.75 Å². The predicted molar refractivity (Wildman–Crippen MR) is 105 cm³/mol. The van der Waals surface area contributed by atoms with Gasteiger partial charge < -0.3 is 14.8 Å². The molecule has 0 saturated heterocycles. The fourth-order valence-corrected chi connectivity index (χ4v) is 2.46. The minimum atomic E-state index is -0.489. The number of rotatable bonds is 9. The van der Waals surface area contributed by atoms with Crippen LogP contribution in [0.25, 0.3) is 0 Å². The van der Waals surface area contributed by atoms with E-state index >= 15 is 0 Å². The van der Waals surface area contributed by atoms with E-state index < -0.39 is 5.97 Å². The highest BCUT2D eigenvalue weighted by atomic mass is 35.5. The van der Waals surface area contributed by atoms with Gasteiger partial charge >= 0.3 is 5.97 Å². The van der Waals surface area contributed by atoms with E-state index in [1.807, 2.05) is 38.1 Å². The summed E-state index contributed by atoms with van der Waals surface area (Å²) in [5.74, 6) is -0.00530. The van der Waals surface area contributed by atoms with Crippen LogP contribution in [0, 0.1) is 13.8 Å². The molecule has 0 aliphatic heterocycles. The molecule has 0 radical (unpaired) electrons. The van der Waals surface area contributed by atoms with Gasteiger partial charge in [0.05, 0.1) is 6.54 Å². The third-order valence-corrected chi connectivity index (χ3v) is 4.36. The van der Waals surface area contributed by atoms with Crippen LogP contribution in [0.1, 0.15) is 23.1 Å². The second-order valence-corrected chi connectivity index (χ2v) is 6.66. The molecule has 0 spiro atoms. The normalized spacial score (nSPS) is 10.3. The molecular weight excluding hydrogens is 366 g/mol. The molecule has 0 aromatic heterocycles. The monoisotopic (exact) mass is 389 g/mol. The first-order chi connectivity index (χ1) is 12.9. The van der Waals surface area contributed by atoms with Crippen molar-refractivity contribution in [2.24, 2.45) is 0 Å². The third kappa shape index (κ3) is 7.71. The van der Waals surface area contributed by atoms with Gasteiger partial charge in [-0.15, -0.1) is 0 Å². The number of benzene rings is 2. The van der Waals surface area contributed by atoms with Gasteiger partial charge in [-0.05, 0) is 49.6 Å². The molecule has 0 heterocycles. The predicted octanol–water partition coefficient (Wildman–Crippen LogP) is 3.63. The minimum Gasteiger partial charge on any atom is -0.482 e. The zero-order valence-electron chi connectivity index (χ0n) is 15.6. The van der Waals surface area contributed by atoms with Gasteiger partial charge in [0.25, 0.3) is 0 Å². The van der Waals surface area contributed by atoms with Crippen molar-refractivity contribution in [3.05, 3.63) is 64.2 Å². The average molecular weight is 390 g/mol. The smallest absolute Gasteiger partial charge is 0.344 e. The van der Waals surface area contributed by atoms with Crippen LogP contribution >= 0.6 is 11.6 Å². The number of carbonyl (C=O) groups excluding carboxylic acids is 2. The summed E-state index contributed by atoms with van der Waals surface area (Å²) in [7, 11) is 0. The molecule has 2 aromatic carbocycles. The maximum absolute atomic E-state index is 11.8. The summed E-state index contributed by atoms with van der Waals surface area (Å²) in [5.41, 5.74) is 3.19. The van der Waals surface area contributed by atoms with Crippen LogP contribution < -0.4 is 10.1 Å². The average Bonchev–Trinajstić information content (AvgIpc) is 2.65. The third-order valence-electron chi connectivity index (χ3n) is 3.93. The second kappa shape index (κ2) is 10.6. The Hall–Kier alpha value is -2.53. The zero-order chi connectivity index (χ0) is 19.6. The highest BCUT2D eigenvalue weighted by Gasteiger charge is 2.07. The number of hydrogen-bond acceptors (Lipinski definition) is 4. The molecule has 0 unspecified atom stereocenters. The molecule has 2 aromatic rings. The molecule has 27 heavy (non-hydrogen) atoms. The van der Waals surface area contributed by atoms with Crippen LogP contribution in [-0.2, 0) is 20.7 Å². The van der Waals surface area contributed by atoms with Gasteiger partial charge in [0.15, 0.2) is 6.61 Å². The number of hydrogen-bond donors (Lipinski definition) is 1. The molecule has 6 heteroatoms. The van der Waals surface area contributed by atoms with E-state index in [-0.39, 0.29) is 25.7 Å². The molecule has 1 N–H and O–H groups in total. The Labute approximate surface area is 164 Å². The van der Waals surface area contributed by atoms with Gasteiger partial charge in [-0.2, -0.15) is 0 Å². The fraction of sp³-hybridized carbons (Fsp3) is 0.333. The number of nitrogens with one attached hydrogen (secondary N) is 1. The number of carbonyl (C=O) groups is 2. The van der Waals surface area contributed by atoms with Crippen LogP contribution in [0.3, 0.4) is 0 Å². The van der Waals surface area contributed by atoms with Crippen LogP contribution in [0.2, 0.25) is 5.02 Å². The summed E-state index contributed by atoms with van der Waals surface area (Å²) in [4.78, 5) is 23.5. The quantitative estimate of drug-likeness (QED) is 0.525. The lowest BCUT2D eigenvalue weighted by Crippen LogP contribution is -2.29. The molecule has 0 aliphatic rings. The molecule has 0 aliphatic carbocycles. The maximum Gasteiger partial charge on any atom is 0.344 e. The van der Waals surface area contributed by atoms with Gasteiger partial charge in [-0.1, -0.05) is 41.4 Å². The van der Waals surface area contributed by atoms with Crippen molar-refractivity contribution in [3.63, 3.8) is 0 Å². The molecule has 2 rings (SSSR count). The van der Waals surface area contributed by atoms with Crippen molar-refractivity contribution in [2.45, 2.75) is 26.7 Å². The summed E-state index contributed by atoms with van der Waals surface area (Å²) in [6.07, 6.45) is 1.08. The molecule has 0 saturated carbocycles. The molecule has 0 bridgehead atoms. The topological polar surface area (TPSA) is 64.6 Å². The highest BCUT2D eigenvalue weighted by Crippen LogP contribution is 2.20. The largest absolute Gasteiger partial charge is 0.482 e. The van der Waals surface area contributed by atoms with E-state index in [1.165, 1.54) is 5.56 Å². The summed E-state index contributed by atoms with van der Waals surface area (Å²) >= 11 is 5.94. The van der Waals surface area contributed by atoms with Crippen LogP contribution in [-0.4, -0.2) is 31.6 Å². The van der Waals surface area contributed by atoms with Gasteiger partial charge in [0.2, 0.25) is 5.91 Å². The van der Waals surface area contributed by atoms with Crippen molar-refractivity contribution in [1.29, 1.82) is 0 Å². The molecule has 1 amide bonds. The summed E-state index contributed by atoms with van der Waals surface area (Å²) in [6, 6.07) is 13.3. The molecule has 0 atom stereocenters. The van der Waals surface area contributed by atoms with Gasteiger partial charge in [0, 0.05) is 11.4 Å². The SMILES string of the molecule is Cc1ccc(CCC(=O)NCCOC(=O)COc2ccc(Cl)c(C)c2)cc1. The lowest BCUT2D eigenvalue weighted by Gasteiger charge is -2.09. The molecule has 0 fully saturated rings. The lowest BCUT2D eigenvalue weighted by molar-refractivity contribution is -0.146. The Morgan fingerprint density at radius 2 is 1.81 bits per heavy atom. The van der Waals surface area contributed by atoms with Gasteiger partial charge in [0.1, 0.15) is 12.4 Å². The zero-order valence-corrected chi connectivity index (χ0v) is 16.3.